The number of carbonyl (C=O) groups excluding carboxylic acids is 1. The number of aromatic nitrogens is 1. The lowest BCUT2D eigenvalue weighted by Gasteiger charge is -2.25. The molecule has 1 unspecified atom stereocenters. The quantitative estimate of drug-likeness (QED) is 0.779. The highest BCUT2D eigenvalue weighted by Gasteiger charge is 2.24. The molecule has 1 aliphatic heterocycles. The molecule has 0 saturated heterocycles. The smallest absolute Gasteiger partial charge is 0.405 e. The van der Waals surface area contributed by atoms with Gasteiger partial charge in [0.1, 0.15) is 11.9 Å². The predicted molar refractivity (Wildman–Crippen MR) is 90.7 cm³/mol. The van der Waals surface area contributed by atoms with Gasteiger partial charge in [0.25, 0.3) is 0 Å². The lowest BCUT2D eigenvalue weighted by molar-refractivity contribution is 0.0766. The Labute approximate surface area is 139 Å². The molecule has 1 aromatic heterocycles. The van der Waals surface area contributed by atoms with Gasteiger partial charge in [0.2, 0.25) is 0 Å². The Balaban J connectivity index is 1.79. The number of nitrogens with two attached hydrogens (primary N) is 1. The molecule has 0 aliphatic carbocycles. The van der Waals surface area contributed by atoms with Gasteiger partial charge in [0.15, 0.2) is 0 Å². The van der Waals surface area contributed by atoms with Crippen molar-refractivity contribution in [2.75, 3.05) is 6.61 Å². The summed E-state index contributed by atoms with van der Waals surface area (Å²) < 4.78 is 10.9. The van der Waals surface area contributed by atoms with E-state index in [1.807, 2.05) is 48.8 Å². The summed E-state index contributed by atoms with van der Waals surface area (Å²) in [5.74, 6) is 0.720. The zero-order chi connectivity index (χ0) is 16.5. The summed E-state index contributed by atoms with van der Waals surface area (Å²) in [7, 11) is 0. The van der Waals surface area contributed by atoms with E-state index in [-0.39, 0.29) is 6.10 Å². The van der Waals surface area contributed by atoms with Crippen molar-refractivity contribution in [3.8, 4) is 16.9 Å². The van der Waals surface area contributed by atoms with Gasteiger partial charge in [-0.25, -0.2) is 4.79 Å². The first-order chi connectivity index (χ1) is 11.7. The number of rotatable bonds is 2. The zero-order valence-corrected chi connectivity index (χ0v) is 12.9. The molecule has 24 heavy (non-hydrogen) atoms. The van der Waals surface area contributed by atoms with Crippen molar-refractivity contribution in [1.82, 2.24) is 4.98 Å². The number of amides is 1. The number of carbonyl (C=O) groups is 1. The lowest BCUT2D eigenvalue weighted by atomic mass is 9.96. The Hall–Kier alpha value is -3.08. The molecular weight excluding hydrogens is 304 g/mol. The van der Waals surface area contributed by atoms with E-state index in [1.54, 1.807) is 0 Å². The van der Waals surface area contributed by atoms with Crippen LogP contribution in [-0.2, 0) is 4.74 Å². The number of fused-ring (bicyclic) bond motifs is 2. The van der Waals surface area contributed by atoms with Crippen molar-refractivity contribution in [2.45, 2.75) is 12.5 Å². The second-order valence-corrected chi connectivity index (χ2v) is 5.72. The normalized spacial score (nSPS) is 16.2. The van der Waals surface area contributed by atoms with Crippen LogP contribution < -0.4 is 10.5 Å². The van der Waals surface area contributed by atoms with Crippen LogP contribution in [0.4, 0.5) is 4.79 Å². The van der Waals surface area contributed by atoms with E-state index in [4.69, 9.17) is 15.2 Å². The zero-order valence-electron chi connectivity index (χ0n) is 12.9. The summed E-state index contributed by atoms with van der Waals surface area (Å²) in [5.41, 5.74) is 8.05. The molecule has 1 atom stereocenters. The number of nitrogens with zero attached hydrogens (tertiary/aromatic N) is 1. The van der Waals surface area contributed by atoms with Crippen LogP contribution in [0.1, 0.15) is 18.1 Å². The first-order valence-electron chi connectivity index (χ1n) is 7.78. The van der Waals surface area contributed by atoms with Crippen LogP contribution in [0.2, 0.25) is 0 Å². The first kappa shape index (κ1) is 14.5. The highest BCUT2D eigenvalue weighted by molar-refractivity contribution is 5.95. The van der Waals surface area contributed by atoms with E-state index < -0.39 is 6.09 Å². The molecule has 2 heterocycles. The Morgan fingerprint density at radius 3 is 2.96 bits per heavy atom. The molecule has 2 N–H and O–H groups in total. The minimum Gasteiger partial charge on any atom is -0.493 e. The number of ether oxygens (including phenoxy) is 2. The Kier molecular flexibility index (Phi) is 3.54. The number of primary amides is 1. The first-order valence-corrected chi connectivity index (χ1v) is 7.78. The van der Waals surface area contributed by atoms with Gasteiger partial charge in [-0.15, -0.1) is 0 Å². The van der Waals surface area contributed by atoms with Crippen LogP contribution in [0.15, 0.2) is 54.9 Å². The number of benzene rings is 2. The summed E-state index contributed by atoms with van der Waals surface area (Å²) in [6, 6.07) is 14.0. The van der Waals surface area contributed by atoms with E-state index in [0.29, 0.717) is 13.0 Å². The Morgan fingerprint density at radius 1 is 1.21 bits per heavy atom. The van der Waals surface area contributed by atoms with Gasteiger partial charge in [-0.2, -0.15) is 0 Å². The second kappa shape index (κ2) is 5.85. The Morgan fingerprint density at radius 2 is 2.08 bits per heavy atom. The van der Waals surface area contributed by atoms with Crippen LogP contribution in [0, 0.1) is 0 Å². The minimum absolute atomic E-state index is 0.356. The minimum atomic E-state index is -0.768. The van der Waals surface area contributed by atoms with Crippen LogP contribution in [0.3, 0.4) is 0 Å². The standard InChI is InChI=1S/C19H16N2O3/c20-19(22)24-17-7-8-23-18-9-12(5-6-15(17)18)16-11-21-10-13-3-1-2-4-14(13)16/h1-6,9-11,17H,7-8H2,(H2,20,22). The molecule has 0 radical (unpaired) electrons. The van der Waals surface area contributed by atoms with Gasteiger partial charge < -0.3 is 15.2 Å². The fraction of sp³-hybridized carbons (Fsp3) is 0.158. The fourth-order valence-corrected chi connectivity index (χ4v) is 3.13. The molecule has 5 nitrogen and oxygen atoms in total. The molecule has 1 amide bonds. The molecule has 0 bridgehead atoms. The van der Waals surface area contributed by atoms with Crippen molar-refractivity contribution in [3.63, 3.8) is 0 Å². The van der Waals surface area contributed by atoms with Gasteiger partial charge in [0.05, 0.1) is 6.61 Å². The summed E-state index contributed by atoms with van der Waals surface area (Å²) >= 11 is 0. The third-order valence-corrected chi connectivity index (χ3v) is 4.24. The van der Waals surface area contributed by atoms with Crippen LogP contribution in [0.5, 0.6) is 5.75 Å². The second-order valence-electron chi connectivity index (χ2n) is 5.72. The summed E-state index contributed by atoms with van der Waals surface area (Å²) in [5, 5.41) is 2.22. The topological polar surface area (TPSA) is 74.4 Å². The highest BCUT2D eigenvalue weighted by atomic mass is 16.6. The maximum absolute atomic E-state index is 11.1. The third-order valence-electron chi connectivity index (χ3n) is 4.24. The van der Waals surface area contributed by atoms with Crippen molar-refractivity contribution in [3.05, 3.63) is 60.4 Å². The van der Waals surface area contributed by atoms with Crippen LogP contribution >= 0.6 is 0 Å². The average molecular weight is 320 g/mol. The third kappa shape index (κ3) is 2.54. The molecule has 3 aromatic rings. The molecule has 5 heteroatoms. The average Bonchev–Trinajstić information content (AvgIpc) is 2.60. The van der Waals surface area contributed by atoms with E-state index in [0.717, 1.165) is 33.2 Å². The van der Waals surface area contributed by atoms with E-state index in [9.17, 15) is 4.79 Å². The van der Waals surface area contributed by atoms with Gasteiger partial charge in [-0.3, -0.25) is 4.98 Å². The SMILES string of the molecule is NC(=O)OC1CCOc2cc(-c3cncc4ccccc34)ccc21. The van der Waals surface area contributed by atoms with Gasteiger partial charge in [-0.05, 0) is 17.0 Å². The van der Waals surface area contributed by atoms with E-state index >= 15 is 0 Å². The van der Waals surface area contributed by atoms with Crippen molar-refractivity contribution < 1.29 is 14.3 Å². The van der Waals surface area contributed by atoms with Crippen LogP contribution in [0.25, 0.3) is 21.9 Å². The number of hydrogen-bond donors (Lipinski definition) is 1. The molecule has 0 fully saturated rings. The maximum Gasteiger partial charge on any atom is 0.405 e. The molecule has 0 saturated carbocycles. The largest absolute Gasteiger partial charge is 0.493 e. The molecule has 4 rings (SSSR count). The van der Waals surface area contributed by atoms with Crippen molar-refractivity contribution in [1.29, 1.82) is 0 Å². The van der Waals surface area contributed by atoms with Crippen molar-refractivity contribution >= 4 is 16.9 Å². The van der Waals surface area contributed by atoms with E-state index in [1.165, 1.54) is 0 Å². The van der Waals surface area contributed by atoms with Crippen LogP contribution in [-0.4, -0.2) is 17.7 Å². The predicted octanol–water partition coefficient (Wildman–Crippen LogP) is 3.82. The maximum atomic E-state index is 11.1. The van der Waals surface area contributed by atoms with Gasteiger partial charge >= 0.3 is 6.09 Å². The van der Waals surface area contributed by atoms with Gasteiger partial charge in [0, 0.05) is 35.3 Å². The Bertz CT molecular complexity index is 918. The molecule has 120 valence electrons. The molecule has 0 spiro atoms. The van der Waals surface area contributed by atoms with Crippen molar-refractivity contribution in [2.24, 2.45) is 5.73 Å². The van der Waals surface area contributed by atoms with Gasteiger partial charge in [-0.1, -0.05) is 36.4 Å². The summed E-state index contributed by atoms with van der Waals surface area (Å²) in [4.78, 5) is 15.4. The monoisotopic (exact) mass is 320 g/mol. The highest BCUT2D eigenvalue weighted by Crippen LogP contribution is 2.38. The fourth-order valence-electron chi connectivity index (χ4n) is 3.13. The number of pyridine rings is 1. The molecule has 1 aliphatic rings. The number of hydrogen-bond acceptors (Lipinski definition) is 4. The molecule has 2 aromatic carbocycles. The van der Waals surface area contributed by atoms with E-state index in [2.05, 4.69) is 11.1 Å². The summed E-state index contributed by atoms with van der Waals surface area (Å²) in [6.07, 6.45) is 3.18. The summed E-state index contributed by atoms with van der Waals surface area (Å²) in [6.45, 7) is 0.488. The molecular formula is C19H16N2O3. The lowest BCUT2D eigenvalue weighted by Crippen LogP contribution is -2.22.